The maximum atomic E-state index is 13.9. The highest BCUT2D eigenvalue weighted by atomic mass is 35.5. The first-order valence-electron chi connectivity index (χ1n) is 10.5. The Balaban J connectivity index is 1.46. The Bertz CT molecular complexity index is 1420. The van der Waals surface area contributed by atoms with Gasteiger partial charge in [0, 0.05) is 6.07 Å². The summed E-state index contributed by atoms with van der Waals surface area (Å²) >= 11 is 6.65. The van der Waals surface area contributed by atoms with E-state index in [2.05, 4.69) is 20.9 Å². The minimum absolute atomic E-state index is 0.0140. The van der Waals surface area contributed by atoms with E-state index < -0.39 is 52.2 Å². The molecule has 1 heterocycles. The molecule has 0 bridgehead atoms. The van der Waals surface area contributed by atoms with Gasteiger partial charge in [-0.1, -0.05) is 22.9 Å². The Labute approximate surface area is 215 Å². The van der Waals surface area contributed by atoms with E-state index >= 15 is 0 Å². The number of nitrogens with one attached hydrogen (secondary N) is 3. The summed E-state index contributed by atoms with van der Waals surface area (Å²) in [6.45, 7) is 1.45. The van der Waals surface area contributed by atoms with Gasteiger partial charge in [0.1, 0.15) is 21.9 Å². The zero-order valence-electron chi connectivity index (χ0n) is 18.7. The molecule has 14 heteroatoms. The Hall–Kier alpha value is -3.58. The second-order valence-corrected chi connectivity index (χ2v) is 9.60. The average Bonchev–Trinajstić information content (AvgIpc) is 3.55. The van der Waals surface area contributed by atoms with Crippen LogP contribution in [0.3, 0.4) is 0 Å². The molecule has 1 fully saturated rings. The van der Waals surface area contributed by atoms with Gasteiger partial charge in [0.25, 0.3) is 5.91 Å². The van der Waals surface area contributed by atoms with Crippen LogP contribution in [0, 0.1) is 24.0 Å². The molecular weight excluding hydrogens is 543 g/mol. The molecule has 7 nitrogen and oxygen atoms in total. The maximum absolute atomic E-state index is 13.9. The Morgan fingerprint density at radius 3 is 2.30 bits per heavy atom. The third-order valence-electron chi connectivity index (χ3n) is 5.56. The third kappa shape index (κ3) is 5.57. The first-order chi connectivity index (χ1) is 17.3. The normalized spacial score (nSPS) is 14.1. The largest absolute Gasteiger partial charge is 0.416 e. The fraction of sp³-hybridized carbons (Fsp3) is 0.217. The molecule has 0 atom stereocenters. The SMILES string of the molecule is Cc1nc(NC(=O)C2(C(=O)Nc3cc(F)ccc3F)CC2)sc1C(=O)Nc1cc(C(F)(F)F)ccc1Cl. The summed E-state index contributed by atoms with van der Waals surface area (Å²) in [5.41, 5.74) is -3.06. The molecule has 0 aliphatic heterocycles. The highest BCUT2D eigenvalue weighted by Gasteiger charge is 2.57. The summed E-state index contributed by atoms with van der Waals surface area (Å²) in [5.74, 6) is -4.06. The summed E-state index contributed by atoms with van der Waals surface area (Å²) in [7, 11) is 0. The number of aromatic nitrogens is 1. The molecule has 1 aliphatic rings. The van der Waals surface area contributed by atoms with Gasteiger partial charge in [0.15, 0.2) is 5.13 Å². The minimum Gasteiger partial charge on any atom is -0.323 e. The van der Waals surface area contributed by atoms with Crippen molar-refractivity contribution in [1.29, 1.82) is 0 Å². The van der Waals surface area contributed by atoms with E-state index in [4.69, 9.17) is 11.6 Å². The van der Waals surface area contributed by atoms with Crippen LogP contribution in [0.1, 0.15) is 33.8 Å². The van der Waals surface area contributed by atoms with Gasteiger partial charge in [-0.2, -0.15) is 13.2 Å². The fourth-order valence-electron chi connectivity index (χ4n) is 3.37. The van der Waals surface area contributed by atoms with E-state index in [1.165, 1.54) is 6.92 Å². The van der Waals surface area contributed by atoms with Gasteiger partial charge in [0.2, 0.25) is 11.8 Å². The van der Waals surface area contributed by atoms with E-state index in [0.717, 1.165) is 41.7 Å². The van der Waals surface area contributed by atoms with Gasteiger partial charge in [-0.25, -0.2) is 13.8 Å². The van der Waals surface area contributed by atoms with Crippen molar-refractivity contribution in [3.05, 3.63) is 69.2 Å². The van der Waals surface area contributed by atoms with Crippen molar-refractivity contribution in [3.63, 3.8) is 0 Å². The number of alkyl halides is 3. The van der Waals surface area contributed by atoms with Crippen LogP contribution in [0.2, 0.25) is 5.02 Å². The van der Waals surface area contributed by atoms with Gasteiger partial charge < -0.3 is 16.0 Å². The number of amides is 3. The van der Waals surface area contributed by atoms with Crippen LogP contribution in [-0.4, -0.2) is 22.7 Å². The zero-order valence-corrected chi connectivity index (χ0v) is 20.3. The van der Waals surface area contributed by atoms with E-state index in [0.29, 0.717) is 6.07 Å². The predicted octanol–water partition coefficient (Wildman–Crippen LogP) is 6.01. The molecule has 194 valence electrons. The topological polar surface area (TPSA) is 100 Å². The average molecular weight is 559 g/mol. The molecule has 1 saturated carbocycles. The number of carbonyl (C=O) groups is 3. The quantitative estimate of drug-likeness (QED) is 0.255. The van der Waals surface area contributed by atoms with Crippen LogP contribution in [0.4, 0.5) is 38.5 Å². The van der Waals surface area contributed by atoms with Gasteiger partial charge in [-0.15, -0.1) is 0 Å². The molecule has 0 radical (unpaired) electrons. The smallest absolute Gasteiger partial charge is 0.323 e. The summed E-state index contributed by atoms with van der Waals surface area (Å²) in [6, 6.07) is 4.96. The first-order valence-corrected chi connectivity index (χ1v) is 11.7. The van der Waals surface area contributed by atoms with Crippen LogP contribution in [-0.2, 0) is 15.8 Å². The Morgan fingerprint density at radius 1 is 0.973 bits per heavy atom. The van der Waals surface area contributed by atoms with Crippen LogP contribution in [0.15, 0.2) is 36.4 Å². The van der Waals surface area contributed by atoms with Crippen LogP contribution in [0.5, 0.6) is 0 Å². The van der Waals surface area contributed by atoms with Gasteiger partial charge in [-0.3, -0.25) is 14.4 Å². The first kappa shape index (κ1) is 26.5. The number of aryl methyl sites for hydroxylation is 1. The third-order valence-corrected chi connectivity index (χ3v) is 6.96. The number of nitrogens with zero attached hydrogens (tertiary/aromatic N) is 1. The lowest BCUT2D eigenvalue weighted by molar-refractivity contribution is -0.137. The lowest BCUT2D eigenvalue weighted by Gasteiger charge is -2.14. The van der Waals surface area contributed by atoms with Crippen LogP contribution in [0.25, 0.3) is 0 Å². The highest BCUT2D eigenvalue weighted by molar-refractivity contribution is 7.17. The fourth-order valence-corrected chi connectivity index (χ4v) is 4.39. The lowest BCUT2D eigenvalue weighted by Crippen LogP contribution is -2.35. The predicted molar refractivity (Wildman–Crippen MR) is 127 cm³/mol. The number of halogens is 6. The summed E-state index contributed by atoms with van der Waals surface area (Å²) in [6.07, 6.45) is -4.35. The van der Waals surface area contributed by atoms with Gasteiger partial charge >= 0.3 is 6.18 Å². The van der Waals surface area contributed by atoms with E-state index in [-0.39, 0.29) is 39.3 Å². The molecule has 2 aromatic carbocycles. The number of hydrogen-bond donors (Lipinski definition) is 3. The van der Waals surface area contributed by atoms with E-state index in [1.807, 2.05) is 0 Å². The van der Waals surface area contributed by atoms with Gasteiger partial charge in [-0.05, 0) is 50.1 Å². The second-order valence-electron chi connectivity index (χ2n) is 8.19. The number of benzene rings is 2. The Kier molecular flexibility index (Phi) is 6.95. The number of rotatable bonds is 6. The minimum atomic E-state index is -4.65. The molecule has 1 aliphatic carbocycles. The van der Waals surface area contributed by atoms with Crippen molar-refractivity contribution in [1.82, 2.24) is 4.98 Å². The number of thiazole rings is 1. The molecule has 4 rings (SSSR count). The highest BCUT2D eigenvalue weighted by Crippen LogP contribution is 2.48. The molecule has 3 aromatic rings. The summed E-state index contributed by atoms with van der Waals surface area (Å²) in [5, 5.41) is 6.80. The van der Waals surface area contributed by atoms with E-state index in [1.54, 1.807) is 0 Å². The molecule has 0 spiro atoms. The van der Waals surface area contributed by atoms with E-state index in [9.17, 15) is 36.3 Å². The molecule has 37 heavy (non-hydrogen) atoms. The molecule has 3 amide bonds. The number of anilines is 3. The summed E-state index contributed by atoms with van der Waals surface area (Å²) < 4.78 is 66.3. The molecular formula is C23H16ClF5N4O3S. The van der Waals surface area contributed by atoms with Crippen molar-refractivity contribution in [2.45, 2.75) is 25.9 Å². The van der Waals surface area contributed by atoms with Crippen molar-refractivity contribution in [3.8, 4) is 0 Å². The standard InChI is InChI=1S/C23H16ClF5N4O3S/c1-10-17(18(34)31-15-8-11(23(27,28)29)2-4-13(15)24)37-21(30-10)33-20(36)22(6-7-22)19(35)32-16-9-12(25)3-5-14(16)26/h2-5,8-9H,6-7H2,1H3,(H,31,34)(H,32,35)(H,30,33,36). The second kappa shape index (κ2) is 9.71. The monoisotopic (exact) mass is 558 g/mol. The van der Waals surface area contributed by atoms with Crippen molar-refractivity contribution < 1.29 is 36.3 Å². The number of hydrogen-bond acceptors (Lipinski definition) is 5. The molecule has 0 unspecified atom stereocenters. The van der Waals surface area contributed by atoms with Crippen LogP contribution < -0.4 is 16.0 Å². The number of carbonyl (C=O) groups excluding carboxylic acids is 3. The lowest BCUT2D eigenvalue weighted by atomic mass is 10.1. The van der Waals surface area contributed by atoms with Crippen molar-refractivity contribution in [2.24, 2.45) is 5.41 Å². The molecule has 3 N–H and O–H groups in total. The Morgan fingerprint density at radius 2 is 1.65 bits per heavy atom. The van der Waals surface area contributed by atoms with Crippen molar-refractivity contribution >= 4 is 57.2 Å². The van der Waals surface area contributed by atoms with Gasteiger partial charge in [0.05, 0.1) is 27.7 Å². The maximum Gasteiger partial charge on any atom is 0.416 e. The molecule has 0 saturated heterocycles. The zero-order chi connectivity index (χ0) is 27.1. The molecule has 1 aromatic heterocycles. The van der Waals surface area contributed by atoms with Crippen LogP contribution >= 0.6 is 22.9 Å². The van der Waals surface area contributed by atoms with Crippen molar-refractivity contribution in [2.75, 3.05) is 16.0 Å². The summed E-state index contributed by atoms with van der Waals surface area (Å²) in [4.78, 5) is 42.3.